The van der Waals surface area contributed by atoms with Gasteiger partial charge in [-0.3, -0.25) is 9.20 Å². The summed E-state index contributed by atoms with van der Waals surface area (Å²) in [4.78, 5) is 21.4. The lowest BCUT2D eigenvalue weighted by molar-refractivity contribution is 0.0950. The SMILES string of the molecule is Cc1cc(-c2cnc3c(NCC4CC4)nccn23)ccc1C(=O)NC1CC1. The van der Waals surface area contributed by atoms with E-state index in [1.54, 1.807) is 6.20 Å². The minimum absolute atomic E-state index is 0.0236. The second-order valence-electron chi connectivity index (χ2n) is 7.71. The highest BCUT2D eigenvalue weighted by Crippen LogP contribution is 2.30. The maximum Gasteiger partial charge on any atom is 0.251 e. The van der Waals surface area contributed by atoms with E-state index in [1.807, 2.05) is 31.5 Å². The number of fused-ring (bicyclic) bond motifs is 1. The van der Waals surface area contributed by atoms with Gasteiger partial charge in [0, 0.05) is 36.1 Å². The summed E-state index contributed by atoms with van der Waals surface area (Å²) in [5, 5.41) is 6.48. The third-order valence-electron chi connectivity index (χ3n) is 5.36. The molecule has 138 valence electrons. The number of hydrogen-bond acceptors (Lipinski definition) is 4. The molecule has 6 nitrogen and oxygen atoms in total. The van der Waals surface area contributed by atoms with Crippen molar-refractivity contribution in [2.75, 3.05) is 11.9 Å². The van der Waals surface area contributed by atoms with E-state index < -0.39 is 0 Å². The molecular formula is C21H23N5O. The van der Waals surface area contributed by atoms with Crippen molar-refractivity contribution in [3.8, 4) is 11.3 Å². The largest absolute Gasteiger partial charge is 0.367 e. The zero-order valence-electron chi connectivity index (χ0n) is 15.4. The van der Waals surface area contributed by atoms with E-state index in [1.165, 1.54) is 12.8 Å². The lowest BCUT2D eigenvalue weighted by Gasteiger charge is -2.10. The van der Waals surface area contributed by atoms with Crippen molar-refractivity contribution in [1.29, 1.82) is 0 Å². The molecule has 2 fully saturated rings. The van der Waals surface area contributed by atoms with Gasteiger partial charge in [0.15, 0.2) is 11.5 Å². The molecule has 0 saturated heterocycles. The Hall–Kier alpha value is -2.89. The molecule has 6 heteroatoms. The Labute approximate surface area is 158 Å². The standard InChI is InChI=1S/C21H23N5O/c1-13-10-15(4-7-17(13)21(27)25-16-5-6-16)18-12-24-20-19(22-8-9-26(18)20)23-11-14-2-3-14/h4,7-10,12,14,16H,2-3,5-6,11H2,1H3,(H,22,23)(H,25,27). The summed E-state index contributed by atoms with van der Waals surface area (Å²) in [6.07, 6.45) is 10.4. The molecule has 5 rings (SSSR count). The van der Waals surface area contributed by atoms with E-state index in [2.05, 4.69) is 31.1 Å². The number of aryl methyl sites for hydroxylation is 1. The van der Waals surface area contributed by atoms with Crippen LogP contribution in [0.4, 0.5) is 5.82 Å². The maximum absolute atomic E-state index is 12.4. The van der Waals surface area contributed by atoms with Crippen LogP contribution in [0.1, 0.15) is 41.6 Å². The van der Waals surface area contributed by atoms with Crippen molar-refractivity contribution < 1.29 is 4.79 Å². The first-order valence-corrected chi connectivity index (χ1v) is 9.67. The van der Waals surface area contributed by atoms with Gasteiger partial charge in [0.2, 0.25) is 0 Å². The van der Waals surface area contributed by atoms with Gasteiger partial charge in [-0.2, -0.15) is 0 Å². The predicted molar refractivity (Wildman–Crippen MR) is 105 cm³/mol. The van der Waals surface area contributed by atoms with Crippen molar-refractivity contribution in [1.82, 2.24) is 19.7 Å². The number of hydrogen-bond donors (Lipinski definition) is 2. The molecule has 0 bridgehead atoms. The molecule has 1 aromatic carbocycles. The van der Waals surface area contributed by atoms with Gasteiger partial charge in [0.05, 0.1) is 11.9 Å². The lowest BCUT2D eigenvalue weighted by Crippen LogP contribution is -2.26. The average molecular weight is 361 g/mol. The van der Waals surface area contributed by atoms with E-state index in [0.29, 0.717) is 6.04 Å². The van der Waals surface area contributed by atoms with Crippen molar-refractivity contribution in [2.45, 2.75) is 38.6 Å². The number of nitrogens with one attached hydrogen (secondary N) is 2. The van der Waals surface area contributed by atoms with Crippen LogP contribution in [-0.4, -0.2) is 32.9 Å². The minimum atomic E-state index is 0.0236. The normalized spacial score (nSPS) is 16.5. The van der Waals surface area contributed by atoms with Crippen LogP contribution in [0.3, 0.4) is 0 Å². The zero-order chi connectivity index (χ0) is 18.4. The highest BCUT2D eigenvalue weighted by atomic mass is 16.1. The highest BCUT2D eigenvalue weighted by molar-refractivity contribution is 5.96. The molecule has 2 N–H and O–H groups in total. The van der Waals surface area contributed by atoms with Crippen molar-refractivity contribution >= 4 is 17.4 Å². The summed E-state index contributed by atoms with van der Waals surface area (Å²) in [5.41, 5.74) is 4.59. The Morgan fingerprint density at radius 2 is 2.07 bits per heavy atom. The van der Waals surface area contributed by atoms with Crippen LogP contribution in [-0.2, 0) is 0 Å². The van der Waals surface area contributed by atoms with Crippen LogP contribution in [0.5, 0.6) is 0 Å². The third-order valence-corrected chi connectivity index (χ3v) is 5.36. The molecular weight excluding hydrogens is 338 g/mol. The third kappa shape index (κ3) is 3.27. The first kappa shape index (κ1) is 16.3. The molecule has 0 radical (unpaired) electrons. The zero-order valence-corrected chi connectivity index (χ0v) is 15.4. The van der Waals surface area contributed by atoms with Crippen LogP contribution in [0.2, 0.25) is 0 Å². The number of rotatable bonds is 6. The van der Waals surface area contributed by atoms with E-state index in [-0.39, 0.29) is 5.91 Å². The van der Waals surface area contributed by atoms with Gasteiger partial charge in [-0.1, -0.05) is 6.07 Å². The molecule has 1 amide bonds. The van der Waals surface area contributed by atoms with Gasteiger partial charge < -0.3 is 10.6 Å². The Balaban J connectivity index is 1.45. The van der Waals surface area contributed by atoms with Gasteiger partial charge in [0.25, 0.3) is 5.91 Å². The molecule has 3 aromatic rings. The first-order valence-electron chi connectivity index (χ1n) is 9.67. The summed E-state index contributed by atoms with van der Waals surface area (Å²) < 4.78 is 2.06. The smallest absolute Gasteiger partial charge is 0.251 e. The molecule has 2 aliphatic rings. The maximum atomic E-state index is 12.4. The predicted octanol–water partition coefficient (Wildman–Crippen LogP) is 3.42. The summed E-state index contributed by atoms with van der Waals surface area (Å²) in [6.45, 7) is 2.94. The fourth-order valence-corrected chi connectivity index (χ4v) is 3.39. The number of aromatic nitrogens is 3. The molecule has 0 spiro atoms. The molecule has 2 heterocycles. The summed E-state index contributed by atoms with van der Waals surface area (Å²) in [7, 11) is 0. The Kier molecular flexibility index (Phi) is 3.85. The average Bonchev–Trinajstić information content (AvgIpc) is 3.59. The van der Waals surface area contributed by atoms with E-state index in [9.17, 15) is 4.79 Å². The number of benzene rings is 1. The van der Waals surface area contributed by atoms with Gasteiger partial charge in [-0.25, -0.2) is 9.97 Å². The summed E-state index contributed by atoms with van der Waals surface area (Å²) in [5.74, 6) is 1.63. The fraction of sp³-hybridized carbons (Fsp3) is 0.381. The monoisotopic (exact) mass is 361 g/mol. The van der Waals surface area contributed by atoms with Crippen LogP contribution >= 0.6 is 0 Å². The summed E-state index contributed by atoms with van der Waals surface area (Å²) >= 11 is 0. The molecule has 27 heavy (non-hydrogen) atoms. The number of nitrogens with zero attached hydrogens (tertiary/aromatic N) is 3. The van der Waals surface area contributed by atoms with Crippen LogP contribution in [0.15, 0.2) is 36.8 Å². The number of imidazole rings is 1. The molecule has 2 aromatic heterocycles. The fourth-order valence-electron chi connectivity index (χ4n) is 3.39. The van der Waals surface area contributed by atoms with Gasteiger partial charge in [-0.05, 0) is 56.2 Å². The first-order chi connectivity index (χ1) is 13.2. The molecule has 0 unspecified atom stereocenters. The van der Waals surface area contributed by atoms with Crippen molar-refractivity contribution in [2.24, 2.45) is 5.92 Å². The Morgan fingerprint density at radius 1 is 1.22 bits per heavy atom. The number of amides is 1. The van der Waals surface area contributed by atoms with Gasteiger partial charge >= 0.3 is 0 Å². The van der Waals surface area contributed by atoms with Crippen LogP contribution < -0.4 is 10.6 Å². The van der Waals surface area contributed by atoms with Crippen LogP contribution in [0.25, 0.3) is 16.9 Å². The van der Waals surface area contributed by atoms with Gasteiger partial charge in [0.1, 0.15) is 0 Å². The Morgan fingerprint density at radius 3 is 2.81 bits per heavy atom. The minimum Gasteiger partial charge on any atom is -0.367 e. The molecule has 2 aliphatic carbocycles. The van der Waals surface area contributed by atoms with Crippen molar-refractivity contribution in [3.63, 3.8) is 0 Å². The number of carbonyl (C=O) groups excluding carboxylic acids is 1. The Bertz CT molecular complexity index is 1020. The second-order valence-corrected chi connectivity index (χ2v) is 7.71. The van der Waals surface area contributed by atoms with Crippen LogP contribution in [0, 0.1) is 12.8 Å². The quantitative estimate of drug-likeness (QED) is 0.706. The lowest BCUT2D eigenvalue weighted by atomic mass is 10.0. The van der Waals surface area contributed by atoms with E-state index in [4.69, 9.17) is 0 Å². The second kappa shape index (κ2) is 6.37. The van der Waals surface area contributed by atoms with Crippen molar-refractivity contribution in [3.05, 3.63) is 47.9 Å². The molecule has 0 aliphatic heterocycles. The number of carbonyl (C=O) groups is 1. The molecule has 0 atom stereocenters. The topological polar surface area (TPSA) is 71.3 Å². The van der Waals surface area contributed by atoms with Gasteiger partial charge in [-0.15, -0.1) is 0 Å². The van der Waals surface area contributed by atoms with E-state index >= 15 is 0 Å². The van der Waals surface area contributed by atoms with E-state index in [0.717, 1.165) is 59.2 Å². The number of anilines is 1. The molecule has 2 saturated carbocycles. The summed E-state index contributed by atoms with van der Waals surface area (Å²) in [6, 6.07) is 6.33. The highest BCUT2D eigenvalue weighted by Gasteiger charge is 2.24.